The van der Waals surface area contributed by atoms with Crippen molar-refractivity contribution >= 4 is 0 Å². The fraction of sp³-hybridized carbons (Fsp3) is 1.00. The Morgan fingerprint density at radius 2 is 1.70 bits per heavy atom. The molecule has 2 rings (SSSR count). The molecule has 3 nitrogen and oxygen atoms in total. The summed E-state index contributed by atoms with van der Waals surface area (Å²) < 4.78 is 6.09. The summed E-state index contributed by atoms with van der Waals surface area (Å²) >= 11 is 0. The molecule has 2 saturated heterocycles. The minimum atomic E-state index is -0.422. The standard InChI is InChI=1S/C17H33NO2/c1-6-7-13-8-10-18(11-9-13)12-14-15(19)17(4,5)20-16(14,2)3/h13-15,19H,6-12H2,1-5H3. The molecule has 3 heteroatoms. The first-order valence-electron chi connectivity index (χ1n) is 8.37. The van der Waals surface area contributed by atoms with Crippen molar-refractivity contribution in [2.75, 3.05) is 19.6 Å². The smallest absolute Gasteiger partial charge is 0.0896 e. The average molecular weight is 283 g/mol. The lowest BCUT2D eigenvalue weighted by atomic mass is 9.83. The molecule has 0 aromatic rings. The zero-order valence-electron chi connectivity index (χ0n) is 14.0. The van der Waals surface area contributed by atoms with Gasteiger partial charge in [0.15, 0.2) is 0 Å². The third kappa shape index (κ3) is 3.37. The van der Waals surface area contributed by atoms with E-state index in [1.54, 1.807) is 0 Å². The molecule has 0 bridgehead atoms. The second-order valence-electron chi connectivity index (χ2n) is 7.89. The number of hydrogen-bond acceptors (Lipinski definition) is 3. The normalized spacial score (nSPS) is 34.5. The fourth-order valence-corrected chi connectivity index (χ4v) is 4.14. The van der Waals surface area contributed by atoms with Crippen molar-refractivity contribution in [3.63, 3.8) is 0 Å². The van der Waals surface area contributed by atoms with Crippen LogP contribution in [0.15, 0.2) is 0 Å². The van der Waals surface area contributed by atoms with Crippen LogP contribution in [0.1, 0.15) is 60.3 Å². The van der Waals surface area contributed by atoms with Gasteiger partial charge in [-0.2, -0.15) is 0 Å². The lowest BCUT2D eigenvalue weighted by Gasteiger charge is -2.37. The SMILES string of the molecule is CCCC1CCN(CC2C(O)C(C)(C)OC2(C)C)CC1. The summed E-state index contributed by atoms with van der Waals surface area (Å²) in [5.74, 6) is 1.13. The van der Waals surface area contributed by atoms with E-state index in [2.05, 4.69) is 25.7 Å². The summed E-state index contributed by atoms with van der Waals surface area (Å²) in [6.07, 6.45) is 4.96. The molecule has 0 aromatic carbocycles. The van der Waals surface area contributed by atoms with Gasteiger partial charge < -0.3 is 14.7 Å². The third-order valence-electron chi connectivity index (χ3n) is 5.37. The van der Waals surface area contributed by atoms with E-state index in [1.165, 1.54) is 38.8 Å². The van der Waals surface area contributed by atoms with Gasteiger partial charge in [-0.05, 0) is 59.5 Å². The van der Waals surface area contributed by atoms with Crippen molar-refractivity contribution in [2.24, 2.45) is 11.8 Å². The Kier molecular flexibility index (Phi) is 4.83. The molecule has 0 radical (unpaired) electrons. The summed E-state index contributed by atoms with van der Waals surface area (Å²) in [7, 11) is 0. The van der Waals surface area contributed by atoms with E-state index < -0.39 is 5.60 Å². The number of ether oxygens (including phenoxy) is 1. The first kappa shape index (κ1) is 16.3. The maximum Gasteiger partial charge on any atom is 0.0896 e. The highest BCUT2D eigenvalue weighted by molar-refractivity contribution is 5.02. The molecule has 0 aromatic heterocycles. The van der Waals surface area contributed by atoms with Crippen molar-refractivity contribution in [1.82, 2.24) is 4.90 Å². The van der Waals surface area contributed by atoms with Crippen LogP contribution in [0.5, 0.6) is 0 Å². The molecule has 20 heavy (non-hydrogen) atoms. The van der Waals surface area contributed by atoms with E-state index >= 15 is 0 Å². The molecule has 118 valence electrons. The Labute approximate surface area is 124 Å². The van der Waals surface area contributed by atoms with E-state index in [0.29, 0.717) is 0 Å². The Morgan fingerprint density at radius 1 is 1.10 bits per heavy atom. The maximum absolute atomic E-state index is 10.6. The van der Waals surface area contributed by atoms with Crippen LogP contribution in [-0.2, 0) is 4.74 Å². The van der Waals surface area contributed by atoms with Gasteiger partial charge in [-0.1, -0.05) is 19.8 Å². The molecule has 2 aliphatic rings. The van der Waals surface area contributed by atoms with E-state index in [1.807, 2.05) is 13.8 Å². The van der Waals surface area contributed by atoms with E-state index in [-0.39, 0.29) is 17.6 Å². The summed E-state index contributed by atoms with van der Waals surface area (Å²) in [6, 6.07) is 0. The molecule has 0 spiro atoms. The van der Waals surface area contributed by atoms with Crippen LogP contribution in [0.3, 0.4) is 0 Å². The van der Waals surface area contributed by atoms with Gasteiger partial charge in [0, 0.05) is 12.5 Å². The zero-order chi connectivity index (χ0) is 15.0. The van der Waals surface area contributed by atoms with E-state index in [4.69, 9.17) is 4.74 Å². The van der Waals surface area contributed by atoms with Gasteiger partial charge in [0.25, 0.3) is 0 Å². The van der Waals surface area contributed by atoms with Gasteiger partial charge in [0.05, 0.1) is 17.3 Å². The van der Waals surface area contributed by atoms with Crippen molar-refractivity contribution in [1.29, 1.82) is 0 Å². The van der Waals surface area contributed by atoms with Crippen LogP contribution in [0.4, 0.5) is 0 Å². The molecule has 2 unspecified atom stereocenters. The van der Waals surface area contributed by atoms with Gasteiger partial charge in [0.1, 0.15) is 0 Å². The van der Waals surface area contributed by atoms with Crippen LogP contribution in [0.2, 0.25) is 0 Å². The quantitative estimate of drug-likeness (QED) is 0.860. The summed E-state index contributed by atoms with van der Waals surface area (Å²) in [4.78, 5) is 2.53. The van der Waals surface area contributed by atoms with Crippen LogP contribution >= 0.6 is 0 Å². The lowest BCUT2D eigenvalue weighted by Crippen LogP contribution is -2.45. The Morgan fingerprint density at radius 3 is 2.15 bits per heavy atom. The summed E-state index contributed by atoms with van der Waals surface area (Å²) in [5, 5.41) is 10.6. The van der Waals surface area contributed by atoms with Gasteiger partial charge in [0.2, 0.25) is 0 Å². The Bertz CT molecular complexity index is 319. The molecular weight excluding hydrogens is 250 g/mol. The number of piperidine rings is 1. The topological polar surface area (TPSA) is 32.7 Å². The Balaban J connectivity index is 1.91. The minimum Gasteiger partial charge on any atom is -0.390 e. The molecule has 2 fully saturated rings. The second-order valence-corrected chi connectivity index (χ2v) is 7.89. The van der Waals surface area contributed by atoms with Crippen LogP contribution in [0.25, 0.3) is 0 Å². The molecule has 1 N–H and O–H groups in total. The molecule has 0 amide bonds. The predicted molar refractivity (Wildman–Crippen MR) is 82.8 cm³/mol. The first-order chi connectivity index (χ1) is 9.26. The molecule has 0 aliphatic carbocycles. The number of rotatable bonds is 4. The fourth-order valence-electron chi connectivity index (χ4n) is 4.14. The second kappa shape index (κ2) is 5.94. The molecular formula is C17H33NO2. The number of hydrogen-bond donors (Lipinski definition) is 1. The Hall–Kier alpha value is -0.120. The van der Waals surface area contributed by atoms with Gasteiger partial charge in [-0.25, -0.2) is 0 Å². The van der Waals surface area contributed by atoms with E-state index in [9.17, 15) is 5.11 Å². The number of aliphatic hydroxyl groups excluding tert-OH is 1. The molecule has 2 heterocycles. The maximum atomic E-state index is 10.6. The largest absolute Gasteiger partial charge is 0.390 e. The van der Waals surface area contributed by atoms with Crippen molar-refractivity contribution in [3.8, 4) is 0 Å². The molecule has 0 saturated carbocycles. The number of likely N-dealkylation sites (tertiary alicyclic amines) is 1. The molecule has 2 atom stereocenters. The highest BCUT2D eigenvalue weighted by atomic mass is 16.5. The zero-order valence-corrected chi connectivity index (χ0v) is 14.0. The summed E-state index contributed by atoms with van der Waals surface area (Å²) in [5.41, 5.74) is -0.655. The van der Waals surface area contributed by atoms with Gasteiger partial charge in [-0.15, -0.1) is 0 Å². The number of nitrogens with zero attached hydrogens (tertiary/aromatic N) is 1. The van der Waals surface area contributed by atoms with Crippen LogP contribution in [-0.4, -0.2) is 46.9 Å². The summed E-state index contributed by atoms with van der Waals surface area (Å²) in [6.45, 7) is 13.9. The van der Waals surface area contributed by atoms with Crippen LogP contribution in [0, 0.1) is 11.8 Å². The third-order valence-corrected chi connectivity index (χ3v) is 5.37. The average Bonchev–Trinajstić information content (AvgIpc) is 2.50. The lowest BCUT2D eigenvalue weighted by molar-refractivity contribution is -0.0914. The first-order valence-corrected chi connectivity index (χ1v) is 8.37. The molecule has 2 aliphatic heterocycles. The predicted octanol–water partition coefficient (Wildman–Crippen LogP) is 3.06. The highest BCUT2D eigenvalue weighted by Crippen LogP contribution is 2.42. The number of aliphatic hydroxyl groups is 1. The van der Waals surface area contributed by atoms with Crippen molar-refractivity contribution in [2.45, 2.75) is 77.6 Å². The van der Waals surface area contributed by atoms with Crippen molar-refractivity contribution < 1.29 is 9.84 Å². The van der Waals surface area contributed by atoms with Crippen LogP contribution < -0.4 is 0 Å². The van der Waals surface area contributed by atoms with Gasteiger partial charge >= 0.3 is 0 Å². The minimum absolute atomic E-state index is 0.209. The monoisotopic (exact) mass is 283 g/mol. The van der Waals surface area contributed by atoms with Crippen molar-refractivity contribution in [3.05, 3.63) is 0 Å². The van der Waals surface area contributed by atoms with Gasteiger partial charge in [-0.3, -0.25) is 0 Å². The van der Waals surface area contributed by atoms with E-state index in [0.717, 1.165) is 12.5 Å². The highest BCUT2D eigenvalue weighted by Gasteiger charge is 2.53.